The fraction of sp³-hybridized carbons (Fsp3) is 0.438. The number of benzene rings is 1. The Bertz CT molecular complexity index is 592. The minimum Gasteiger partial charge on any atom is -0.325 e. The van der Waals surface area contributed by atoms with Crippen LogP contribution in [0.5, 0.6) is 0 Å². The summed E-state index contributed by atoms with van der Waals surface area (Å²) in [5.41, 5.74) is 1.71. The lowest BCUT2D eigenvalue weighted by molar-refractivity contribution is -0.116. The molecule has 0 spiro atoms. The molecule has 0 heterocycles. The maximum atomic E-state index is 11.7. The van der Waals surface area contributed by atoms with Crippen LogP contribution in [-0.4, -0.2) is 5.91 Å². The van der Waals surface area contributed by atoms with Crippen molar-refractivity contribution in [2.45, 2.75) is 39.5 Å². The van der Waals surface area contributed by atoms with Crippen LogP contribution in [0.2, 0.25) is 0 Å². The highest BCUT2D eigenvalue weighted by molar-refractivity contribution is 5.92. The van der Waals surface area contributed by atoms with Gasteiger partial charge in [-0.3, -0.25) is 4.79 Å². The summed E-state index contributed by atoms with van der Waals surface area (Å²) in [5.74, 6) is 6.23. The first-order valence-corrected chi connectivity index (χ1v) is 6.87. The van der Waals surface area contributed by atoms with Crippen molar-refractivity contribution in [3.63, 3.8) is 0 Å². The lowest BCUT2D eigenvalue weighted by Gasteiger charge is -2.07. The first-order valence-electron chi connectivity index (χ1n) is 6.87. The molecule has 0 aliphatic heterocycles. The SMILES string of the molecule is CCCC(=O)Nc1ccc(N=O)cc1C#CC1(C)CC1. The van der Waals surface area contributed by atoms with Crippen LogP contribution in [0.4, 0.5) is 11.4 Å². The van der Waals surface area contributed by atoms with E-state index in [1.807, 2.05) is 6.92 Å². The highest BCUT2D eigenvalue weighted by Gasteiger charge is 2.35. The highest BCUT2D eigenvalue weighted by Crippen LogP contribution is 2.44. The van der Waals surface area contributed by atoms with E-state index in [-0.39, 0.29) is 11.3 Å². The number of carbonyl (C=O) groups is 1. The van der Waals surface area contributed by atoms with E-state index in [0.717, 1.165) is 19.3 Å². The van der Waals surface area contributed by atoms with Crippen LogP contribution in [0, 0.1) is 22.2 Å². The molecule has 1 N–H and O–H groups in total. The van der Waals surface area contributed by atoms with Crippen LogP contribution in [0.3, 0.4) is 0 Å². The highest BCUT2D eigenvalue weighted by atomic mass is 16.3. The maximum Gasteiger partial charge on any atom is 0.224 e. The summed E-state index contributed by atoms with van der Waals surface area (Å²) >= 11 is 0. The molecule has 0 atom stereocenters. The van der Waals surface area contributed by atoms with Gasteiger partial charge in [0.1, 0.15) is 5.69 Å². The van der Waals surface area contributed by atoms with Gasteiger partial charge in [0.25, 0.3) is 0 Å². The molecule has 0 aromatic heterocycles. The Kier molecular flexibility index (Phi) is 4.19. The smallest absolute Gasteiger partial charge is 0.224 e. The molecule has 2 rings (SSSR count). The second-order valence-corrected chi connectivity index (χ2v) is 5.43. The van der Waals surface area contributed by atoms with E-state index in [4.69, 9.17) is 0 Å². The van der Waals surface area contributed by atoms with Gasteiger partial charge in [-0.1, -0.05) is 18.8 Å². The Labute approximate surface area is 118 Å². The van der Waals surface area contributed by atoms with Gasteiger partial charge >= 0.3 is 0 Å². The van der Waals surface area contributed by atoms with E-state index in [1.54, 1.807) is 18.2 Å². The Morgan fingerprint density at radius 1 is 1.45 bits per heavy atom. The Hall–Kier alpha value is -2.15. The minimum absolute atomic E-state index is 0.0417. The Morgan fingerprint density at radius 2 is 2.20 bits per heavy atom. The summed E-state index contributed by atoms with van der Waals surface area (Å²) < 4.78 is 0. The standard InChI is InChI=1S/C16H18N2O2/c1-3-4-15(19)17-14-6-5-13(18-20)11-12(14)7-8-16(2)9-10-16/h5-6,11H,3-4,9-10H2,1-2H3,(H,17,19). The third-order valence-electron chi connectivity index (χ3n) is 3.36. The number of rotatable bonds is 4. The molecule has 0 unspecified atom stereocenters. The van der Waals surface area contributed by atoms with Gasteiger partial charge in [0.2, 0.25) is 5.91 Å². The van der Waals surface area contributed by atoms with Crippen LogP contribution in [-0.2, 0) is 4.79 Å². The molecule has 1 saturated carbocycles. The third-order valence-corrected chi connectivity index (χ3v) is 3.36. The van der Waals surface area contributed by atoms with Crippen LogP contribution in [0.1, 0.15) is 45.1 Å². The molecule has 104 valence electrons. The van der Waals surface area contributed by atoms with Gasteiger partial charge in [0, 0.05) is 11.8 Å². The minimum atomic E-state index is -0.0417. The molecule has 1 aromatic rings. The van der Waals surface area contributed by atoms with Gasteiger partial charge < -0.3 is 5.32 Å². The molecule has 20 heavy (non-hydrogen) atoms. The fourth-order valence-corrected chi connectivity index (χ4v) is 1.77. The first-order chi connectivity index (χ1) is 9.56. The number of nitrogens with one attached hydrogen (secondary N) is 1. The van der Waals surface area contributed by atoms with Gasteiger partial charge in [-0.25, -0.2) is 0 Å². The lowest BCUT2D eigenvalue weighted by Crippen LogP contribution is -2.11. The van der Waals surface area contributed by atoms with E-state index >= 15 is 0 Å². The van der Waals surface area contributed by atoms with Gasteiger partial charge in [-0.2, -0.15) is 0 Å². The zero-order chi connectivity index (χ0) is 14.6. The van der Waals surface area contributed by atoms with Gasteiger partial charge in [0.15, 0.2) is 0 Å². The van der Waals surface area contributed by atoms with E-state index in [1.165, 1.54) is 0 Å². The van der Waals surface area contributed by atoms with Gasteiger partial charge in [-0.15, -0.1) is 4.91 Å². The zero-order valence-electron chi connectivity index (χ0n) is 11.8. The number of nitrogens with zero attached hydrogens (tertiary/aromatic N) is 1. The molecular weight excluding hydrogens is 252 g/mol. The maximum absolute atomic E-state index is 11.7. The Balaban J connectivity index is 2.27. The summed E-state index contributed by atoms with van der Waals surface area (Å²) in [6, 6.07) is 4.88. The van der Waals surface area contributed by atoms with Crippen LogP contribution in [0.15, 0.2) is 23.4 Å². The van der Waals surface area contributed by atoms with Crippen LogP contribution < -0.4 is 5.32 Å². The average Bonchev–Trinajstić information content (AvgIpc) is 3.16. The number of carbonyl (C=O) groups excluding carboxylic acids is 1. The third kappa shape index (κ3) is 3.67. The number of anilines is 1. The molecule has 4 heteroatoms. The molecule has 1 fully saturated rings. The fourth-order valence-electron chi connectivity index (χ4n) is 1.77. The molecule has 0 radical (unpaired) electrons. The van der Waals surface area contributed by atoms with Crippen molar-refractivity contribution in [1.29, 1.82) is 0 Å². The summed E-state index contributed by atoms with van der Waals surface area (Å²) in [5, 5.41) is 5.75. The first kappa shape index (κ1) is 14.3. The predicted molar refractivity (Wildman–Crippen MR) is 79.7 cm³/mol. The lowest BCUT2D eigenvalue weighted by atomic mass is 10.1. The van der Waals surface area contributed by atoms with Crippen molar-refractivity contribution >= 4 is 17.3 Å². The van der Waals surface area contributed by atoms with E-state index in [2.05, 4.69) is 29.3 Å². The number of nitroso groups, excluding NO2 is 1. The molecule has 1 aliphatic carbocycles. The van der Waals surface area contributed by atoms with E-state index < -0.39 is 0 Å². The molecule has 1 aromatic carbocycles. The quantitative estimate of drug-likeness (QED) is 0.664. The van der Waals surface area contributed by atoms with E-state index in [0.29, 0.717) is 23.4 Å². The van der Waals surface area contributed by atoms with Crippen molar-refractivity contribution < 1.29 is 4.79 Å². The number of hydrogen-bond donors (Lipinski definition) is 1. The summed E-state index contributed by atoms with van der Waals surface area (Å²) in [6.45, 7) is 4.06. The summed E-state index contributed by atoms with van der Waals surface area (Å²) in [4.78, 5) is 22.3. The molecule has 1 amide bonds. The zero-order valence-corrected chi connectivity index (χ0v) is 11.8. The largest absolute Gasteiger partial charge is 0.325 e. The van der Waals surface area contributed by atoms with Gasteiger partial charge in [0.05, 0.1) is 11.3 Å². The second kappa shape index (κ2) is 5.87. The molecular formula is C16H18N2O2. The topological polar surface area (TPSA) is 58.5 Å². The summed E-state index contributed by atoms with van der Waals surface area (Å²) in [6.07, 6.45) is 3.46. The number of amides is 1. The van der Waals surface area contributed by atoms with Crippen molar-refractivity contribution in [1.82, 2.24) is 0 Å². The second-order valence-electron chi connectivity index (χ2n) is 5.43. The van der Waals surface area contributed by atoms with Crippen LogP contribution in [0.25, 0.3) is 0 Å². The van der Waals surface area contributed by atoms with Crippen molar-refractivity contribution in [3.8, 4) is 11.8 Å². The average molecular weight is 270 g/mol. The van der Waals surface area contributed by atoms with Gasteiger partial charge in [-0.05, 0) is 49.6 Å². The van der Waals surface area contributed by atoms with Crippen molar-refractivity contribution in [3.05, 3.63) is 28.7 Å². The normalized spacial score (nSPS) is 14.9. The van der Waals surface area contributed by atoms with Crippen LogP contribution >= 0.6 is 0 Å². The Morgan fingerprint density at radius 3 is 2.80 bits per heavy atom. The van der Waals surface area contributed by atoms with Crippen molar-refractivity contribution in [2.24, 2.45) is 10.6 Å². The molecule has 0 bridgehead atoms. The predicted octanol–water partition coefficient (Wildman–Crippen LogP) is 3.97. The molecule has 0 saturated heterocycles. The monoisotopic (exact) mass is 270 g/mol. The molecule has 4 nitrogen and oxygen atoms in total. The number of hydrogen-bond acceptors (Lipinski definition) is 3. The molecule has 1 aliphatic rings. The summed E-state index contributed by atoms with van der Waals surface area (Å²) in [7, 11) is 0. The van der Waals surface area contributed by atoms with Crippen molar-refractivity contribution in [2.75, 3.05) is 5.32 Å². The van der Waals surface area contributed by atoms with E-state index in [9.17, 15) is 9.70 Å².